The van der Waals surface area contributed by atoms with Crippen LogP contribution in [0.5, 0.6) is 0 Å². The van der Waals surface area contributed by atoms with Crippen molar-refractivity contribution in [3.05, 3.63) is 24.2 Å². The van der Waals surface area contributed by atoms with Gasteiger partial charge < -0.3 is 14.5 Å². The van der Waals surface area contributed by atoms with Gasteiger partial charge in [-0.15, -0.1) is 0 Å². The topological polar surface area (TPSA) is 93.4 Å². The number of esters is 1. The van der Waals surface area contributed by atoms with Crippen LogP contribution in [0.4, 0.5) is 0 Å². The molecule has 3 rings (SSSR count). The van der Waals surface area contributed by atoms with Crippen molar-refractivity contribution < 1.29 is 28.9 Å². The molecule has 2 N–H and O–H groups in total. The van der Waals surface area contributed by atoms with Gasteiger partial charge in [0.25, 0.3) is 0 Å². The van der Waals surface area contributed by atoms with E-state index in [4.69, 9.17) is 9.15 Å². The van der Waals surface area contributed by atoms with Crippen LogP contribution < -0.4 is 5.32 Å². The number of imide groups is 1. The van der Waals surface area contributed by atoms with Crippen molar-refractivity contribution in [1.29, 1.82) is 0 Å². The quantitative estimate of drug-likeness (QED) is 0.614. The number of nitrogens with two attached hydrogens (primary N) is 1. The fourth-order valence-corrected chi connectivity index (χ4v) is 4.22. The Hall–Kier alpha value is -2.15. The van der Waals surface area contributed by atoms with E-state index >= 15 is 0 Å². The number of fused-ring (bicyclic) bond motifs is 1. The van der Waals surface area contributed by atoms with Gasteiger partial charge in [0.05, 0.1) is 12.9 Å². The number of carbonyl (C=O) groups is 3. The van der Waals surface area contributed by atoms with Crippen molar-refractivity contribution >= 4 is 17.8 Å². The molecule has 0 aromatic carbocycles. The average Bonchev–Trinajstić information content (AvgIpc) is 3.23. The van der Waals surface area contributed by atoms with Gasteiger partial charge in [0, 0.05) is 13.5 Å². The number of ether oxygens (including phenoxy) is 1. The molecule has 130 valence electrons. The Labute approximate surface area is 140 Å². The van der Waals surface area contributed by atoms with Crippen LogP contribution in [-0.2, 0) is 19.1 Å². The zero-order valence-corrected chi connectivity index (χ0v) is 14.2. The van der Waals surface area contributed by atoms with Gasteiger partial charge >= 0.3 is 5.97 Å². The first-order valence-electron chi connectivity index (χ1n) is 8.36. The number of hydrogen-bond donors (Lipinski definition) is 1. The Morgan fingerprint density at radius 2 is 2.12 bits per heavy atom. The van der Waals surface area contributed by atoms with E-state index in [9.17, 15) is 14.4 Å². The van der Waals surface area contributed by atoms with E-state index in [-0.39, 0.29) is 18.4 Å². The summed E-state index contributed by atoms with van der Waals surface area (Å²) in [6.07, 6.45) is 2.71. The minimum Gasteiger partial charge on any atom is -0.463 e. The summed E-state index contributed by atoms with van der Waals surface area (Å²) in [5.41, 5.74) is -1.08. The van der Waals surface area contributed by atoms with Crippen LogP contribution in [0.15, 0.2) is 22.8 Å². The Morgan fingerprint density at radius 1 is 1.38 bits per heavy atom. The second-order valence-corrected chi connectivity index (χ2v) is 6.46. The Kier molecular flexibility index (Phi) is 4.21. The molecular weight excluding hydrogens is 312 g/mol. The molecular formula is C17H23N2O5+. The third-order valence-electron chi connectivity index (χ3n) is 5.18. The van der Waals surface area contributed by atoms with E-state index in [0.29, 0.717) is 18.6 Å². The minimum atomic E-state index is -1.08. The molecule has 7 nitrogen and oxygen atoms in total. The molecule has 0 radical (unpaired) electrons. The van der Waals surface area contributed by atoms with E-state index in [0.717, 1.165) is 4.90 Å². The van der Waals surface area contributed by atoms with Crippen molar-refractivity contribution in [2.24, 2.45) is 11.8 Å². The largest absolute Gasteiger partial charge is 0.463 e. The summed E-state index contributed by atoms with van der Waals surface area (Å²) in [4.78, 5) is 39.4. The molecule has 0 unspecified atom stereocenters. The van der Waals surface area contributed by atoms with Gasteiger partial charge in [-0.25, -0.2) is 4.79 Å². The summed E-state index contributed by atoms with van der Waals surface area (Å²) in [5, 5.41) is 1.82. The predicted octanol–water partition coefficient (Wildman–Crippen LogP) is 0.231. The second-order valence-electron chi connectivity index (χ2n) is 6.46. The Morgan fingerprint density at radius 3 is 2.71 bits per heavy atom. The number of rotatable bonds is 5. The molecule has 2 amide bonds. The van der Waals surface area contributed by atoms with Gasteiger partial charge in [0.15, 0.2) is 11.8 Å². The molecule has 3 heterocycles. The average molecular weight is 335 g/mol. The summed E-state index contributed by atoms with van der Waals surface area (Å²) >= 11 is 0. The van der Waals surface area contributed by atoms with Crippen molar-refractivity contribution in [3.8, 4) is 0 Å². The number of furan rings is 1. The molecule has 2 saturated heterocycles. The first-order chi connectivity index (χ1) is 11.5. The zero-order chi connectivity index (χ0) is 17.5. The maximum absolute atomic E-state index is 12.8. The summed E-state index contributed by atoms with van der Waals surface area (Å²) in [6.45, 7) is 3.93. The second kappa shape index (κ2) is 6.05. The van der Waals surface area contributed by atoms with Gasteiger partial charge in [-0.05, 0) is 25.5 Å². The third-order valence-corrected chi connectivity index (χ3v) is 5.18. The smallest absolute Gasteiger partial charge is 0.368 e. The lowest BCUT2D eigenvalue weighted by Gasteiger charge is -2.28. The van der Waals surface area contributed by atoms with Gasteiger partial charge in [0.1, 0.15) is 11.8 Å². The van der Waals surface area contributed by atoms with Gasteiger partial charge in [0.2, 0.25) is 17.4 Å². The fraction of sp³-hybridized carbons (Fsp3) is 0.588. The predicted molar refractivity (Wildman–Crippen MR) is 82.4 cm³/mol. The molecule has 2 aliphatic heterocycles. The molecule has 0 aliphatic carbocycles. The Balaban J connectivity index is 2.10. The molecule has 0 bridgehead atoms. The standard InChI is InChI=1S/C17H22N2O5/c1-4-8-17(16(22)23-5-2)12-11(14(20)19(3)15(12)21)13(18-17)10-7-6-9-24-10/h6-7,9,11-13,18H,4-5,8H2,1-3H3/p+1/t11-,12+,13-,17-/m0/s1. The van der Waals surface area contributed by atoms with Crippen LogP contribution in [0.1, 0.15) is 38.5 Å². The number of hydrogen-bond acceptors (Lipinski definition) is 5. The molecule has 2 fully saturated rings. The zero-order valence-electron chi connectivity index (χ0n) is 14.2. The van der Waals surface area contributed by atoms with E-state index in [2.05, 4.69) is 0 Å². The van der Waals surface area contributed by atoms with E-state index in [1.54, 1.807) is 19.1 Å². The fourth-order valence-electron chi connectivity index (χ4n) is 4.22. The minimum absolute atomic E-state index is 0.235. The van der Waals surface area contributed by atoms with Crippen LogP contribution in [0.25, 0.3) is 0 Å². The SMILES string of the molecule is CCC[C@]1(C(=O)OCC)[NH2+][C@@H](c2ccco2)[C@H]2C(=O)N(C)C(=O)[C@@H]21. The lowest BCUT2D eigenvalue weighted by atomic mass is 9.77. The summed E-state index contributed by atoms with van der Waals surface area (Å²) in [6, 6.07) is 3.12. The molecule has 4 atom stereocenters. The van der Waals surface area contributed by atoms with Crippen LogP contribution in [0.2, 0.25) is 0 Å². The number of likely N-dealkylation sites (tertiary alicyclic amines) is 1. The van der Waals surface area contributed by atoms with Crippen molar-refractivity contribution in [3.63, 3.8) is 0 Å². The lowest BCUT2D eigenvalue weighted by molar-refractivity contribution is -0.736. The maximum Gasteiger partial charge on any atom is 0.368 e. The number of amides is 2. The first kappa shape index (κ1) is 16.7. The highest BCUT2D eigenvalue weighted by molar-refractivity contribution is 6.08. The summed E-state index contributed by atoms with van der Waals surface area (Å²) in [5.74, 6) is -1.72. The highest BCUT2D eigenvalue weighted by Gasteiger charge is 2.72. The molecule has 24 heavy (non-hydrogen) atoms. The Bertz CT molecular complexity index is 656. The van der Waals surface area contributed by atoms with E-state index in [1.165, 1.54) is 13.3 Å². The third kappa shape index (κ3) is 2.18. The normalized spacial score (nSPS) is 32.3. The molecule has 1 aromatic rings. The molecule has 2 aliphatic rings. The number of quaternary nitrogens is 1. The maximum atomic E-state index is 12.8. The van der Waals surface area contributed by atoms with Crippen molar-refractivity contribution in [1.82, 2.24) is 4.90 Å². The molecule has 0 spiro atoms. The van der Waals surface area contributed by atoms with Crippen molar-refractivity contribution in [2.45, 2.75) is 38.3 Å². The van der Waals surface area contributed by atoms with Gasteiger partial charge in [-0.2, -0.15) is 0 Å². The molecule has 7 heteroatoms. The van der Waals surface area contributed by atoms with Gasteiger partial charge in [-0.1, -0.05) is 6.92 Å². The highest BCUT2D eigenvalue weighted by Crippen LogP contribution is 2.45. The van der Waals surface area contributed by atoms with E-state index < -0.39 is 29.4 Å². The first-order valence-corrected chi connectivity index (χ1v) is 8.36. The molecule has 0 saturated carbocycles. The van der Waals surface area contributed by atoms with Crippen molar-refractivity contribution in [2.75, 3.05) is 13.7 Å². The monoisotopic (exact) mass is 335 g/mol. The highest BCUT2D eigenvalue weighted by atomic mass is 16.5. The number of carbonyl (C=O) groups excluding carboxylic acids is 3. The van der Waals surface area contributed by atoms with Crippen LogP contribution in [-0.4, -0.2) is 41.9 Å². The van der Waals surface area contributed by atoms with Crippen LogP contribution in [0, 0.1) is 11.8 Å². The molecule has 1 aromatic heterocycles. The van der Waals surface area contributed by atoms with Crippen LogP contribution in [0.3, 0.4) is 0 Å². The van der Waals surface area contributed by atoms with Gasteiger partial charge in [-0.3, -0.25) is 14.5 Å². The summed E-state index contributed by atoms with van der Waals surface area (Å²) in [7, 11) is 1.48. The number of nitrogens with zero attached hydrogens (tertiary/aromatic N) is 1. The summed E-state index contributed by atoms with van der Waals surface area (Å²) < 4.78 is 10.8. The lowest BCUT2D eigenvalue weighted by Crippen LogP contribution is -2.98. The van der Waals surface area contributed by atoms with E-state index in [1.807, 2.05) is 12.2 Å². The van der Waals surface area contributed by atoms with Crippen LogP contribution >= 0.6 is 0 Å².